The maximum absolute atomic E-state index is 14.5. The summed E-state index contributed by atoms with van der Waals surface area (Å²) in [6.45, 7) is 1.46. The molecule has 2 aromatic rings. The van der Waals surface area contributed by atoms with Gasteiger partial charge in [-0.2, -0.15) is 4.31 Å². The van der Waals surface area contributed by atoms with E-state index in [4.69, 9.17) is 33.9 Å². The highest BCUT2D eigenvalue weighted by atomic mass is 32.1. The molecule has 21 heteroatoms. The Morgan fingerprint density at radius 2 is 1.24 bits per heavy atom. The molecule has 15 nitrogen and oxygen atoms in total. The quantitative estimate of drug-likeness (QED) is 0.214. The Morgan fingerprint density at radius 1 is 0.878 bits per heavy atom. The minimum Gasteiger partial charge on any atom is -0.349 e. The topological polar surface area (TPSA) is 196 Å². The maximum atomic E-state index is 14.5. The molecule has 41 heavy (non-hydrogen) atoms. The summed E-state index contributed by atoms with van der Waals surface area (Å²) in [5, 5.41) is 0. The highest BCUT2D eigenvalue weighted by molar-refractivity contribution is 7.71. The number of ether oxygens (including phenoxy) is 2. The van der Waals surface area contributed by atoms with Crippen molar-refractivity contribution in [1.82, 2.24) is 19.1 Å². The molecular formula is C20H26F2N4O11P2S2. The molecule has 228 valence electrons. The van der Waals surface area contributed by atoms with Crippen LogP contribution in [-0.4, -0.2) is 66.7 Å². The van der Waals surface area contributed by atoms with E-state index >= 15 is 0 Å². The summed E-state index contributed by atoms with van der Waals surface area (Å²) < 4.78 is 80.4. The van der Waals surface area contributed by atoms with Crippen molar-refractivity contribution in [2.75, 3.05) is 13.2 Å². The van der Waals surface area contributed by atoms with Crippen molar-refractivity contribution in [3.05, 3.63) is 53.8 Å². The summed E-state index contributed by atoms with van der Waals surface area (Å²) >= 11 is 9.94. The molecule has 2 aliphatic rings. The zero-order valence-corrected chi connectivity index (χ0v) is 24.8. The predicted molar refractivity (Wildman–Crippen MR) is 141 cm³/mol. The lowest BCUT2D eigenvalue weighted by Gasteiger charge is -2.20. The average molecular weight is 663 g/mol. The number of phosphoric ester groups is 2. The number of aromatic amines is 2. The van der Waals surface area contributed by atoms with Gasteiger partial charge in [-0.3, -0.25) is 28.1 Å². The van der Waals surface area contributed by atoms with Crippen molar-refractivity contribution in [3.8, 4) is 0 Å². The lowest BCUT2D eigenvalue weighted by atomic mass is 10.2. The van der Waals surface area contributed by atoms with Gasteiger partial charge in [0.25, 0.3) is 0 Å². The lowest BCUT2D eigenvalue weighted by molar-refractivity contribution is -0.0388. The van der Waals surface area contributed by atoms with Crippen LogP contribution in [0.4, 0.5) is 8.78 Å². The summed E-state index contributed by atoms with van der Waals surface area (Å²) in [6.07, 6.45) is -6.38. The summed E-state index contributed by atoms with van der Waals surface area (Å²) in [5.41, 5.74) is -0.262. The number of aryl methyl sites for hydroxylation is 2. The molecule has 4 N–H and O–H groups in total. The van der Waals surface area contributed by atoms with Gasteiger partial charge in [-0.25, -0.2) is 27.5 Å². The summed E-state index contributed by atoms with van der Waals surface area (Å²) in [6, 6.07) is 0. The summed E-state index contributed by atoms with van der Waals surface area (Å²) in [4.78, 5) is 48.9. The number of nitrogens with zero attached hydrogens (tertiary/aromatic N) is 2. The molecule has 2 saturated heterocycles. The molecule has 0 aromatic carbocycles. The molecule has 0 radical (unpaired) electrons. The Hall–Kier alpha value is -1.76. The maximum Gasteiger partial charge on any atom is 0.481 e. The van der Waals surface area contributed by atoms with E-state index in [9.17, 15) is 37.3 Å². The van der Waals surface area contributed by atoms with Gasteiger partial charge < -0.3 is 19.3 Å². The zero-order valence-electron chi connectivity index (χ0n) is 21.4. The van der Waals surface area contributed by atoms with E-state index in [0.29, 0.717) is 11.1 Å². The van der Waals surface area contributed by atoms with Gasteiger partial charge >= 0.3 is 27.0 Å². The predicted octanol–water partition coefficient (Wildman–Crippen LogP) is 2.94. The largest absolute Gasteiger partial charge is 0.481 e. The minimum atomic E-state index is -5.33. The SMILES string of the molecule is Cc1cn([C@H]2C[C@H](F)C(COP(=O)(O)OP(=O)(O)OC[C@H]3O[C@@H](n4cc(C)c(=S)[nH]c4=O)C[C@@H]3F)O2)c(=O)[nH]c1=S. The smallest absolute Gasteiger partial charge is 0.349 e. The van der Waals surface area contributed by atoms with E-state index in [-0.39, 0.29) is 22.1 Å². The second-order valence-electron chi connectivity index (χ2n) is 9.33. The van der Waals surface area contributed by atoms with Gasteiger partial charge in [0, 0.05) is 36.4 Å². The van der Waals surface area contributed by atoms with E-state index in [0.717, 1.165) is 9.13 Å². The normalized spacial score (nSPS) is 29.3. The molecule has 2 fully saturated rings. The number of hydrogen-bond acceptors (Lipinski definition) is 11. The van der Waals surface area contributed by atoms with Crippen molar-refractivity contribution in [2.24, 2.45) is 0 Å². The van der Waals surface area contributed by atoms with Crippen LogP contribution in [0.2, 0.25) is 0 Å². The van der Waals surface area contributed by atoms with Crippen molar-refractivity contribution in [1.29, 1.82) is 0 Å². The number of alkyl halides is 2. The highest BCUT2D eigenvalue weighted by Crippen LogP contribution is 2.60. The van der Waals surface area contributed by atoms with Crippen LogP contribution in [0, 0.1) is 23.1 Å². The van der Waals surface area contributed by atoms with Gasteiger partial charge in [0.1, 0.15) is 46.3 Å². The van der Waals surface area contributed by atoms with Crippen molar-refractivity contribution in [2.45, 2.75) is 63.7 Å². The van der Waals surface area contributed by atoms with E-state index in [2.05, 4.69) is 23.3 Å². The van der Waals surface area contributed by atoms with Gasteiger partial charge in [0.2, 0.25) is 0 Å². The third kappa shape index (κ3) is 7.80. The van der Waals surface area contributed by atoms with Crippen molar-refractivity contribution >= 4 is 40.1 Å². The number of H-pyrrole nitrogens is 2. The van der Waals surface area contributed by atoms with Gasteiger partial charge in [0.15, 0.2) is 0 Å². The third-order valence-electron chi connectivity index (χ3n) is 6.25. The Morgan fingerprint density at radius 3 is 1.61 bits per heavy atom. The minimum absolute atomic E-state index is 0.197. The van der Waals surface area contributed by atoms with Crippen LogP contribution in [0.1, 0.15) is 36.4 Å². The molecule has 4 rings (SSSR count). The van der Waals surface area contributed by atoms with Crippen LogP contribution in [0.25, 0.3) is 0 Å². The number of nitrogens with one attached hydrogen (secondary N) is 2. The van der Waals surface area contributed by atoms with Crippen LogP contribution < -0.4 is 11.4 Å². The van der Waals surface area contributed by atoms with Crippen LogP contribution in [-0.2, 0) is 32.0 Å². The molecule has 0 aliphatic carbocycles. The standard InChI is InChI=1S/C20H26F2N4O11P2S2/c1-9-5-25(19(27)23-17(9)40)15-3-11(21)13(35-15)7-33-38(29,30)37-39(31,32)34-8-14-12(22)4-16(36-14)26-6-10(2)18(41)24-20(26)28/h5-6,11-16H,3-4,7-8H2,1-2H3,(H,29,30)(H,31,32)(H,23,27,40)(H,24,28,41)/t11-,12-,13+,14?,15+,16+/m0/s1. The molecule has 0 bridgehead atoms. The average Bonchev–Trinajstić information content (AvgIpc) is 3.42. The first-order valence-electron chi connectivity index (χ1n) is 11.9. The molecule has 0 spiro atoms. The van der Waals surface area contributed by atoms with Gasteiger partial charge in [-0.05, 0) is 13.8 Å². The Kier molecular flexibility index (Phi) is 9.77. The molecule has 0 saturated carbocycles. The first-order valence-corrected chi connectivity index (χ1v) is 15.7. The highest BCUT2D eigenvalue weighted by Gasteiger charge is 2.43. The lowest BCUT2D eigenvalue weighted by Crippen LogP contribution is -2.28. The van der Waals surface area contributed by atoms with Crippen molar-refractivity contribution < 1.29 is 50.5 Å². The van der Waals surface area contributed by atoms with E-state index in [1.54, 1.807) is 13.8 Å². The molecule has 4 heterocycles. The molecule has 2 aliphatic heterocycles. The van der Waals surface area contributed by atoms with Gasteiger partial charge in [0.05, 0.1) is 13.2 Å². The van der Waals surface area contributed by atoms with E-state index in [1.165, 1.54) is 12.4 Å². The molecule has 2 aromatic heterocycles. The number of aromatic nitrogens is 4. The van der Waals surface area contributed by atoms with Gasteiger partial charge in [-0.1, -0.05) is 24.4 Å². The second-order valence-corrected chi connectivity index (χ2v) is 13.2. The van der Waals surface area contributed by atoms with E-state index < -0.39 is 77.2 Å². The van der Waals surface area contributed by atoms with Crippen LogP contribution in [0.3, 0.4) is 0 Å². The van der Waals surface area contributed by atoms with Crippen LogP contribution >= 0.6 is 40.1 Å². The molecule has 3 unspecified atom stereocenters. The van der Waals surface area contributed by atoms with Gasteiger partial charge in [-0.15, -0.1) is 0 Å². The monoisotopic (exact) mass is 662 g/mol. The van der Waals surface area contributed by atoms with E-state index in [1.807, 2.05) is 0 Å². The number of hydrogen-bond donors (Lipinski definition) is 4. The fraction of sp³-hybridized carbons (Fsp3) is 0.600. The summed E-state index contributed by atoms with van der Waals surface area (Å²) in [5.74, 6) is 0. The molecule has 8 atom stereocenters. The fourth-order valence-corrected chi connectivity index (χ4v) is 6.50. The fourth-order valence-electron chi connectivity index (χ4n) is 4.13. The molecule has 0 amide bonds. The third-order valence-corrected chi connectivity index (χ3v) is 9.70. The van der Waals surface area contributed by atoms with Crippen molar-refractivity contribution in [3.63, 3.8) is 0 Å². The zero-order chi connectivity index (χ0) is 30.3. The number of phosphoric acid groups is 2. The van der Waals surface area contributed by atoms with Crippen LogP contribution in [0.15, 0.2) is 22.0 Å². The molecular weight excluding hydrogens is 636 g/mol. The number of rotatable bonds is 10. The summed E-state index contributed by atoms with van der Waals surface area (Å²) in [7, 11) is -10.7. The van der Waals surface area contributed by atoms with Crippen LogP contribution in [0.5, 0.6) is 0 Å². The second kappa shape index (κ2) is 12.5. The first-order chi connectivity index (χ1) is 19.0. The Labute approximate surface area is 240 Å². The Balaban J connectivity index is 1.30. The first kappa shape index (κ1) is 32.2. The Bertz CT molecular complexity index is 1510. The number of halogens is 2.